The van der Waals surface area contributed by atoms with Gasteiger partial charge < -0.3 is 5.11 Å². The van der Waals surface area contributed by atoms with Crippen molar-refractivity contribution in [2.45, 2.75) is 19.5 Å². The summed E-state index contributed by atoms with van der Waals surface area (Å²) >= 11 is 3.28. The van der Waals surface area contributed by atoms with E-state index in [2.05, 4.69) is 67.7 Å². The first-order valence-electron chi connectivity index (χ1n) is 9.78. The summed E-state index contributed by atoms with van der Waals surface area (Å²) in [5, 5.41) is 17.3. The fourth-order valence-corrected chi connectivity index (χ4v) is 6.06. The van der Waals surface area contributed by atoms with Crippen molar-refractivity contribution in [2.24, 2.45) is 0 Å². The second kappa shape index (κ2) is 7.87. The van der Waals surface area contributed by atoms with Crippen LogP contribution in [0, 0.1) is 6.92 Å². The summed E-state index contributed by atoms with van der Waals surface area (Å²) in [6.45, 7) is 6.78. The normalized spacial score (nSPS) is 17.1. The molecule has 4 heterocycles. The Hall–Kier alpha value is -2.26. The van der Waals surface area contributed by atoms with E-state index in [-0.39, 0.29) is 11.9 Å². The molecule has 150 valence electrons. The van der Waals surface area contributed by atoms with Crippen LogP contribution >= 0.6 is 22.7 Å². The molecule has 1 unspecified atom stereocenters. The molecule has 29 heavy (non-hydrogen) atoms. The monoisotopic (exact) mass is 425 g/mol. The first-order chi connectivity index (χ1) is 14.2. The Balaban J connectivity index is 1.38. The molecule has 0 bridgehead atoms. The van der Waals surface area contributed by atoms with E-state index in [4.69, 9.17) is 0 Å². The van der Waals surface area contributed by atoms with Gasteiger partial charge in [-0.1, -0.05) is 47.7 Å². The van der Waals surface area contributed by atoms with Crippen LogP contribution in [0.4, 0.5) is 0 Å². The number of aryl methyl sites for hydroxylation is 1. The first-order valence-corrected chi connectivity index (χ1v) is 11.5. The molecule has 0 aliphatic carbocycles. The summed E-state index contributed by atoms with van der Waals surface area (Å²) in [6.07, 6.45) is 0. The molecule has 1 fully saturated rings. The highest BCUT2D eigenvalue weighted by molar-refractivity contribution is 7.17. The third-order valence-electron chi connectivity index (χ3n) is 5.39. The van der Waals surface area contributed by atoms with E-state index in [9.17, 15) is 5.11 Å². The van der Waals surface area contributed by atoms with Crippen molar-refractivity contribution < 1.29 is 5.11 Å². The Labute approximate surface area is 177 Å². The van der Waals surface area contributed by atoms with E-state index >= 15 is 0 Å². The molecule has 3 aromatic heterocycles. The van der Waals surface area contributed by atoms with E-state index in [1.165, 1.54) is 21.8 Å². The fraction of sp³-hybridized carbons (Fsp3) is 0.333. The highest BCUT2D eigenvalue weighted by Gasteiger charge is 2.32. The largest absolute Gasteiger partial charge is 0.492 e. The number of thiazole rings is 1. The smallest absolute Gasteiger partial charge is 0.230 e. The molecule has 1 N–H and O–H groups in total. The molecule has 0 radical (unpaired) electrons. The molecule has 0 amide bonds. The molecule has 1 aliphatic rings. The standard InChI is InChI=1S/C21H23N5OS2/c1-15-22-21-26(23-15)20(27)19(29-21)18(17-8-5-13-28-17)25-11-9-24(10-12-25)14-16-6-3-2-4-7-16/h2-8,13,18,27H,9-12,14H2,1H3. The predicted octanol–water partition coefficient (Wildman–Crippen LogP) is 3.77. The second-order valence-corrected chi connectivity index (χ2v) is 9.35. The summed E-state index contributed by atoms with van der Waals surface area (Å²) in [7, 11) is 0. The number of benzene rings is 1. The zero-order valence-corrected chi connectivity index (χ0v) is 17.9. The van der Waals surface area contributed by atoms with Crippen LogP contribution in [0.1, 0.15) is 27.2 Å². The average Bonchev–Trinajstić information content (AvgIpc) is 3.44. The Bertz CT molecular complexity index is 1080. The number of aromatic nitrogens is 3. The van der Waals surface area contributed by atoms with Crippen LogP contribution < -0.4 is 0 Å². The van der Waals surface area contributed by atoms with Crippen molar-refractivity contribution in [3.05, 3.63) is 69.0 Å². The lowest BCUT2D eigenvalue weighted by Gasteiger charge is -2.38. The van der Waals surface area contributed by atoms with Gasteiger partial charge in [0.2, 0.25) is 10.8 Å². The molecule has 8 heteroatoms. The van der Waals surface area contributed by atoms with E-state index in [0.29, 0.717) is 5.82 Å². The van der Waals surface area contributed by atoms with Crippen LogP contribution in [0.5, 0.6) is 5.88 Å². The minimum absolute atomic E-state index is 0.0441. The third-order valence-corrected chi connectivity index (χ3v) is 7.38. The molecular weight excluding hydrogens is 402 g/mol. The van der Waals surface area contributed by atoms with Gasteiger partial charge in [-0.15, -0.1) is 16.4 Å². The lowest BCUT2D eigenvalue weighted by molar-refractivity contribution is 0.106. The van der Waals surface area contributed by atoms with Gasteiger partial charge in [-0.25, -0.2) is 4.98 Å². The molecule has 1 saturated heterocycles. The van der Waals surface area contributed by atoms with Crippen LogP contribution in [-0.4, -0.2) is 55.7 Å². The zero-order valence-electron chi connectivity index (χ0n) is 16.2. The lowest BCUT2D eigenvalue weighted by atomic mass is 10.1. The quantitative estimate of drug-likeness (QED) is 0.527. The minimum Gasteiger partial charge on any atom is -0.492 e. The number of piperazine rings is 1. The Morgan fingerprint density at radius 3 is 2.55 bits per heavy atom. The number of hydrogen-bond donors (Lipinski definition) is 1. The Morgan fingerprint density at radius 2 is 1.86 bits per heavy atom. The second-order valence-electron chi connectivity index (χ2n) is 7.36. The Morgan fingerprint density at radius 1 is 1.07 bits per heavy atom. The van der Waals surface area contributed by atoms with Gasteiger partial charge in [-0.3, -0.25) is 9.80 Å². The van der Waals surface area contributed by atoms with Crippen LogP contribution in [0.15, 0.2) is 47.8 Å². The van der Waals surface area contributed by atoms with Gasteiger partial charge in [0.05, 0.1) is 10.9 Å². The topological polar surface area (TPSA) is 56.9 Å². The summed E-state index contributed by atoms with van der Waals surface area (Å²) in [5.74, 6) is 0.899. The molecule has 6 nitrogen and oxygen atoms in total. The number of nitrogens with zero attached hydrogens (tertiary/aromatic N) is 5. The molecular formula is C21H23N5OS2. The van der Waals surface area contributed by atoms with Crippen LogP contribution in [-0.2, 0) is 6.54 Å². The van der Waals surface area contributed by atoms with Crippen molar-refractivity contribution in [3.8, 4) is 5.88 Å². The zero-order chi connectivity index (χ0) is 19.8. The van der Waals surface area contributed by atoms with E-state index in [0.717, 1.165) is 42.6 Å². The lowest BCUT2D eigenvalue weighted by Crippen LogP contribution is -2.47. The SMILES string of the molecule is Cc1nc2sc(C(c3cccs3)N3CCN(Cc4ccccc4)CC3)c(O)n2n1. The number of fused-ring (bicyclic) bond motifs is 1. The molecule has 0 spiro atoms. The third kappa shape index (κ3) is 3.69. The van der Waals surface area contributed by atoms with Crippen molar-refractivity contribution in [1.29, 1.82) is 0 Å². The van der Waals surface area contributed by atoms with Crippen molar-refractivity contribution in [3.63, 3.8) is 0 Å². The van der Waals surface area contributed by atoms with Crippen molar-refractivity contribution >= 4 is 27.6 Å². The highest BCUT2D eigenvalue weighted by atomic mass is 32.1. The van der Waals surface area contributed by atoms with Gasteiger partial charge in [-0.05, 0) is 23.9 Å². The molecule has 4 aromatic rings. The van der Waals surface area contributed by atoms with Gasteiger partial charge in [0.1, 0.15) is 5.82 Å². The van der Waals surface area contributed by atoms with E-state index < -0.39 is 0 Å². The number of rotatable bonds is 5. The van der Waals surface area contributed by atoms with Gasteiger partial charge in [-0.2, -0.15) is 4.52 Å². The fourth-order valence-electron chi connectivity index (χ4n) is 3.97. The van der Waals surface area contributed by atoms with Crippen LogP contribution in [0.2, 0.25) is 0 Å². The molecule has 1 aromatic carbocycles. The van der Waals surface area contributed by atoms with Gasteiger partial charge >= 0.3 is 0 Å². The van der Waals surface area contributed by atoms with Crippen LogP contribution in [0.25, 0.3) is 4.96 Å². The number of thiophene rings is 1. The van der Waals surface area contributed by atoms with E-state index in [1.807, 2.05) is 6.92 Å². The summed E-state index contributed by atoms with van der Waals surface area (Å²) in [4.78, 5) is 12.4. The van der Waals surface area contributed by atoms with Crippen molar-refractivity contribution in [2.75, 3.05) is 26.2 Å². The molecule has 5 rings (SSSR count). The maximum Gasteiger partial charge on any atom is 0.230 e. The summed E-state index contributed by atoms with van der Waals surface area (Å²) in [5.41, 5.74) is 1.36. The van der Waals surface area contributed by atoms with Gasteiger partial charge in [0.25, 0.3) is 0 Å². The van der Waals surface area contributed by atoms with Gasteiger partial charge in [0.15, 0.2) is 0 Å². The van der Waals surface area contributed by atoms with Gasteiger partial charge in [0, 0.05) is 37.6 Å². The summed E-state index contributed by atoms with van der Waals surface area (Å²) < 4.78 is 1.57. The molecule has 1 aliphatic heterocycles. The van der Waals surface area contributed by atoms with E-state index in [1.54, 1.807) is 15.9 Å². The van der Waals surface area contributed by atoms with Crippen LogP contribution in [0.3, 0.4) is 0 Å². The molecule has 1 atom stereocenters. The number of hydrogen-bond acceptors (Lipinski definition) is 7. The maximum absolute atomic E-state index is 10.9. The minimum atomic E-state index is 0.0441. The summed E-state index contributed by atoms with van der Waals surface area (Å²) in [6, 6.07) is 14.9. The highest BCUT2D eigenvalue weighted by Crippen LogP contribution is 2.41. The number of aromatic hydroxyl groups is 1. The maximum atomic E-state index is 10.9. The average molecular weight is 426 g/mol. The Kier molecular flexibility index (Phi) is 5.09. The predicted molar refractivity (Wildman–Crippen MR) is 117 cm³/mol. The first kappa shape index (κ1) is 18.7. The van der Waals surface area contributed by atoms with Crippen molar-refractivity contribution in [1.82, 2.24) is 24.4 Å². The molecule has 0 saturated carbocycles.